The summed E-state index contributed by atoms with van der Waals surface area (Å²) in [4.78, 5) is 0. The lowest BCUT2D eigenvalue weighted by molar-refractivity contribution is 0.320. The van der Waals surface area contributed by atoms with Crippen molar-refractivity contribution in [2.45, 2.75) is 6.92 Å². The van der Waals surface area contributed by atoms with Gasteiger partial charge in [0.05, 0.1) is 5.57 Å². The first-order valence-corrected chi connectivity index (χ1v) is 5.55. The largest absolute Gasteiger partial charge is 0.410 e. The summed E-state index contributed by atoms with van der Waals surface area (Å²) < 4.78 is 0. The number of nitriles is 1. The van der Waals surface area contributed by atoms with Gasteiger partial charge in [0.1, 0.15) is 11.8 Å². The van der Waals surface area contributed by atoms with E-state index in [4.69, 9.17) is 5.21 Å². The number of allylic oxidation sites excluding steroid dienone is 6. The summed E-state index contributed by atoms with van der Waals surface area (Å²) in [5.74, 6) is 0. The van der Waals surface area contributed by atoms with Crippen LogP contribution in [0.3, 0.4) is 0 Å². The van der Waals surface area contributed by atoms with Crippen LogP contribution in [0.5, 0.6) is 0 Å². The Morgan fingerprint density at radius 1 is 1.22 bits per heavy atom. The van der Waals surface area contributed by atoms with E-state index in [1.165, 1.54) is 0 Å². The van der Waals surface area contributed by atoms with Crippen molar-refractivity contribution in [3.63, 3.8) is 0 Å². The molecule has 0 spiro atoms. The molecule has 0 amide bonds. The molecule has 0 aromatic heterocycles. The quantitative estimate of drug-likeness (QED) is 0.462. The Morgan fingerprint density at radius 3 is 2.50 bits per heavy atom. The summed E-state index contributed by atoms with van der Waals surface area (Å²) in [6, 6.07) is 11.8. The van der Waals surface area contributed by atoms with Crippen LogP contribution in [0.2, 0.25) is 0 Å². The van der Waals surface area contributed by atoms with Gasteiger partial charge in [-0.2, -0.15) is 5.26 Å². The minimum atomic E-state index is 0.488. The van der Waals surface area contributed by atoms with Crippen molar-refractivity contribution in [1.82, 2.24) is 0 Å². The lowest BCUT2D eigenvalue weighted by Gasteiger charge is -2.11. The van der Waals surface area contributed by atoms with Crippen molar-refractivity contribution in [3.8, 4) is 6.07 Å². The number of oxime groups is 1. The average Bonchev–Trinajstić information content (AvgIpc) is 2.42. The molecule has 0 saturated carbocycles. The van der Waals surface area contributed by atoms with Crippen LogP contribution >= 0.6 is 0 Å². The molecule has 18 heavy (non-hydrogen) atoms. The van der Waals surface area contributed by atoms with E-state index < -0.39 is 0 Å². The van der Waals surface area contributed by atoms with Crippen LogP contribution in [0.4, 0.5) is 0 Å². The van der Waals surface area contributed by atoms with Gasteiger partial charge in [0.25, 0.3) is 0 Å². The molecular weight excluding hydrogens is 224 g/mol. The van der Waals surface area contributed by atoms with Crippen molar-refractivity contribution in [3.05, 3.63) is 65.3 Å². The lowest BCUT2D eigenvalue weighted by atomic mass is 9.92. The van der Waals surface area contributed by atoms with Crippen molar-refractivity contribution in [2.75, 3.05) is 0 Å². The Bertz CT molecular complexity index is 614. The molecule has 1 N–H and O–H groups in total. The Morgan fingerprint density at radius 2 is 1.94 bits per heavy atom. The van der Waals surface area contributed by atoms with E-state index in [0.717, 1.165) is 16.7 Å². The van der Waals surface area contributed by atoms with Gasteiger partial charge in [0.2, 0.25) is 0 Å². The topological polar surface area (TPSA) is 56.4 Å². The van der Waals surface area contributed by atoms with E-state index in [0.29, 0.717) is 11.3 Å². The normalized spacial score (nSPS) is 19.3. The first-order valence-electron chi connectivity index (χ1n) is 5.55. The summed E-state index contributed by atoms with van der Waals surface area (Å²) in [7, 11) is 0. The molecule has 0 bridgehead atoms. The predicted molar refractivity (Wildman–Crippen MR) is 71.1 cm³/mol. The molecule has 0 fully saturated rings. The molecule has 0 saturated heterocycles. The average molecular weight is 236 g/mol. The van der Waals surface area contributed by atoms with Gasteiger partial charge in [-0.15, -0.1) is 0 Å². The van der Waals surface area contributed by atoms with Crippen molar-refractivity contribution < 1.29 is 5.21 Å². The third kappa shape index (κ3) is 2.23. The van der Waals surface area contributed by atoms with Crippen LogP contribution in [-0.4, -0.2) is 10.9 Å². The maximum atomic E-state index is 9.32. The monoisotopic (exact) mass is 236 g/mol. The smallest absolute Gasteiger partial charge is 0.102 e. The summed E-state index contributed by atoms with van der Waals surface area (Å²) >= 11 is 0. The number of nitrogens with zero attached hydrogens (tertiary/aromatic N) is 2. The minimum absolute atomic E-state index is 0.488. The highest BCUT2D eigenvalue weighted by Crippen LogP contribution is 2.26. The molecule has 0 radical (unpaired) electrons. The van der Waals surface area contributed by atoms with Crippen molar-refractivity contribution >= 4 is 11.3 Å². The number of hydrogen-bond donors (Lipinski definition) is 1. The summed E-state index contributed by atoms with van der Waals surface area (Å²) in [5.41, 5.74) is 3.76. The third-order valence-corrected chi connectivity index (χ3v) is 2.77. The molecule has 3 nitrogen and oxygen atoms in total. The molecular formula is C15H12N2O. The molecule has 1 aromatic carbocycles. The van der Waals surface area contributed by atoms with Crippen LogP contribution in [0.15, 0.2) is 64.9 Å². The molecule has 1 aromatic rings. The number of rotatable bonds is 1. The van der Waals surface area contributed by atoms with Crippen molar-refractivity contribution in [1.29, 1.82) is 5.26 Å². The highest BCUT2D eigenvalue weighted by atomic mass is 16.4. The van der Waals surface area contributed by atoms with Gasteiger partial charge in [0.15, 0.2) is 0 Å². The zero-order valence-corrected chi connectivity index (χ0v) is 9.96. The van der Waals surface area contributed by atoms with E-state index >= 15 is 0 Å². The SMILES string of the molecule is CC1=CC(=NO)C=CC1=C(C#N)c1ccccc1. The second-order valence-corrected chi connectivity index (χ2v) is 3.95. The molecule has 3 heteroatoms. The van der Waals surface area contributed by atoms with Gasteiger partial charge in [-0.3, -0.25) is 0 Å². The van der Waals surface area contributed by atoms with Crippen molar-refractivity contribution in [2.24, 2.45) is 5.16 Å². The molecule has 2 rings (SSSR count). The van der Waals surface area contributed by atoms with Gasteiger partial charge in [-0.25, -0.2) is 0 Å². The van der Waals surface area contributed by atoms with E-state index in [2.05, 4.69) is 11.2 Å². The summed E-state index contributed by atoms with van der Waals surface area (Å²) in [6.45, 7) is 1.89. The molecule has 0 aliphatic heterocycles. The Labute approximate surface area is 106 Å². The van der Waals surface area contributed by atoms with E-state index in [1.807, 2.05) is 37.3 Å². The Hall–Kier alpha value is -2.60. The highest BCUT2D eigenvalue weighted by molar-refractivity contribution is 6.07. The van der Waals surface area contributed by atoms with Gasteiger partial charge in [-0.05, 0) is 35.8 Å². The van der Waals surface area contributed by atoms with E-state index in [-0.39, 0.29) is 0 Å². The molecule has 0 atom stereocenters. The third-order valence-electron chi connectivity index (χ3n) is 2.77. The van der Waals surface area contributed by atoms with E-state index in [1.54, 1.807) is 18.2 Å². The number of benzene rings is 1. The predicted octanol–water partition coefficient (Wildman–Crippen LogP) is 3.31. The summed E-state index contributed by atoms with van der Waals surface area (Å²) in [6.07, 6.45) is 5.23. The maximum absolute atomic E-state index is 9.32. The van der Waals surface area contributed by atoms with Crippen LogP contribution in [-0.2, 0) is 0 Å². The lowest BCUT2D eigenvalue weighted by Crippen LogP contribution is -2.00. The zero-order valence-electron chi connectivity index (χ0n) is 9.96. The summed E-state index contributed by atoms with van der Waals surface area (Å²) in [5, 5.41) is 21.2. The van der Waals surface area contributed by atoms with Gasteiger partial charge in [-0.1, -0.05) is 41.6 Å². The zero-order chi connectivity index (χ0) is 13.0. The molecule has 0 heterocycles. The molecule has 1 aliphatic rings. The first kappa shape index (κ1) is 11.9. The molecule has 88 valence electrons. The Balaban J connectivity index is 2.55. The van der Waals surface area contributed by atoms with Gasteiger partial charge < -0.3 is 5.21 Å². The fourth-order valence-electron chi connectivity index (χ4n) is 1.88. The van der Waals surface area contributed by atoms with Crippen LogP contribution in [0, 0.1) is 11.3 Å². The molecule has 1 aliphatic carbocycles. The van der Waals surface area contributed by atoms with Crippen LogP contribution in [0.1, 0.15) is 12.5 Å². The standard InChI is InChI=1S/C15H12N2O/c1-11-9-13(17-18)7-8-14(11)15(10-16)12-5-3-2-4-6-12/h2-9,18H,1H3. The fraction of sp³-hybridized carbons (Fsp3) is 0.0667. The van der Waals surface area contributed by atoms with E-state index in [9.17, 15) is 5.26 Å². The second kappa shape index (κ2) is 5.15. The minimum Gasteiger partial charge on any atom is -0.410 e. The first-order chi connectivity index (χ1) is 8.76. The molecule has 0 unspecified atom stereocenters. The van der Waals surface area contributed by atoms with Gasteiger partial charge >= 0.3 is 0 Å². The van der Waals surface area contributed by atoms with Crippen LogP contribution in [0.25, 0.3) is 5.57 Å². The van der Waals surface area contributed by atoms with Gasteiger partial charge in [0, 0.05) is 0 Å². The highest BCUT2D eigenvalue weighted by Gasteiger charge is 2.12. The number of hydrogen-bond acceptors (Lipinski definition) is 3. The fourth-order valence-corrected chi connectivity index (χ4v) is 1.88. The maximum Gasteiger partial charge on any atom is 0.102 e. The van der Waals surface area contributed by atoms with Crippen LogP contribution < -0.4 is 0 Å². The Kier molecular flexibility index (Phi) is 3.40. The second-order valence-electron chi connectivity index (χ2n) is 3.95.